The van der Waals surface area contributed by atoms with E-state index < -0.39 is 17.9 Å². The number of aromatic nitrogens is 5. The number of nitrogens with one attached hydrogen (secondary N) is 2. The Morgan fingerprint density at radius 1 is 1.00 bits per heavy atom. The fraction of sp³-hybridized carbons (Fsp3) is 0.233. The van der Waals surface area contributed by atoms with Crippen LogP contribution < -0.4 is 10.6 Å². The van der Waals surface area contributed by atoms with Crippen LogP contribution in [-0.4, -0.2) is 44.0 Å². The van der Waals surface area contributed by atoms with E-state index in [1.165, 1.54) is 0 Å². The van der Waals surface area contributed by atoms with Gasteiger partial charge in [-0.1, -0.05) is 30.3 Å². The second-order valence-corrected chi connectivity index (χ2v) is 10.0. The third kappa shape index (κ3) is 5.38. The summed E-state index contributed by atoms with van der Waals surface area (Å²) in [5.74, 6) is 1.74. The number of hydrogen-bond donors (Lipinski definition) is 3. The lowest BCUT2D eigenvalue weighted by Gasteiger charge is -2.20. The molecule has 1 aromatic carbocycles. The zero-order valence-electron chi connectivity index (χ0n) is 22.8. The topological polar surface area (TPSA) is 140 Å². The second-order valence-electron chi connectivity index (χ2n) is 10.0. The van der Waals surface area contributed by atoms with Crippen LogP contribution in [0, 0.1) is 0 Å². The monoisotopic (exact) mass is 551 g/mol. The number of aliphatic hydroxyl groups is 1. The minimum Gasteiger partial charge on any atom is -0.416 e. The van der Waals surface area contributed by atoms with Gasteiger partial charge in [-0.3, -0.25) is 4.98 Å². The van der Waals surface area contributed by atoms with Crippen LogP contribution in [-0.2, 0) is 15.1 Å². The Hall–Kier alpha value is -4.71. The molecule has 0 amide bonds. The van der Waals surface area contributed by atoms with Gasteiger partial charge < -0.3 is 29.6 Å². The minimum absolute atomic E-state index is 0.137. The molecule has 11 nitrogen and oxygen atoms in total. The number of methoxy groups -OCH3 is 1. The summed E-state index contributed by atoms with van der Waals surface area (Å²) in [4.78, 5) is 13.5. The number of hydrogen-bond acceptors (Lipinski definition) is 11. The molecule has 5 heterocycles. The third-order valence-corrected chi connectivity index (χ3v) is 6.80. The van der Waals surface area contributed by atoms with Gasteiger partial charge in [-0.15, -0.1) is 10.2 Å². The molecule has 0 radical (unpaired) electrons. The molecule has 1 unspecified atom stereocenters. The van der Waals surface area contributed by atoms with Crippen LogP contribution in [0.25, 0.3) is 22.9 Å². The molecular formula is C30H29N7O4. The fourth-order valence-electron chi connectivity index (χ4n) is 4.76. The number of fused-ring (bicyclic) bond motifs is 1. The summed E-state index contributed by atoms with van der Waals surface area (Å²) in [5, 5.41) is 25.4. The lowest BCUT2D eigenvalue weighted by Crippen LogP contribution is -2.18. The Morgan fingerprint density at radius 2 is 1.83 bits per heavy atom. The van der Waals surface area contributed by atoms with Gasteiger partial charge in [0.15, 0.2) is 6.29 Å². The van der Waals surface area contributed by atoms with Crippen LogP contribution in [0.5, 0.6) is 0 Å². The van der Waals surface area contributed by atoms with E-state index in [4.69, 9.17) is 18.9 Å². The molecule has 1 aliphatic heterocycles. The predicted molar refractivity (Wildman–Crippen MR) is 152 cm³/mol. The van der Waals surface area contributed by atoms with Crippen molar-refractivity contribution in [2.45, 2.75) is 31.8 Å². The molecule has 0 spiro atoms. The quantitative estimate of drug-likeness (QED) is 0.217. The summed E-state index contributed by atoms with van der Waals surface area (Å²) >= 11 is 0. The van der Waals surface area contributed by atoms with Crippen molar-refractivity contribution in [3.8, 4) is 22.9 Å². The molecule has 3 N–H and O–H groups in total. The van der Waals surface area contributed by atoms with Crippen molar-refractivity contribution in [2.24, 2.45) is 0 Å². The second kappa shape index (κ2) is 11.0. The van der Waals surface area contributed by atoms with Gasteiger partial charge in [-0.2, -0.15) is 0 Å². The smallest absolute Gasteiger partial charge is 0.251 e. The molecule has 11 heteroatoms. The van der Waals surface area contributed by atoms with Crippen LogP contribution in [0.3, 0.4) is 0 Å². The Bertz CT molecular complexity index is 1640. The Labute approximate surface area is 236 Å². The van der Waals surface area contributed by atoms with Crippen LogP contribution in [0.2, 0.25) is 0 Å². The number of pyridine rings is 3. The number of rotatable bonds is 9. The maximum Gasteiger partial charge on any atom is 0.251 e. The van der Waals surface area contributed by atoms with Crippen molar-refractivity contribution < 1.29 is 19.0 Å². The van der Waals surface area contributed by atoms with E-state index in [1.54, 1.807) is 31.8 Å². The molecule has 6 rings (SSSR count). The molecule has 4 aromatic heterocycles. The highest BCUT2D eigenvalue weighted by molar-refractivity contribution is 5.76. The van der Waals surface area contributed by atoms with Gasteiger partial charge in [0.25, 0.3) is 5.89 Å². The van der Waals surface area contributed by atoms with E-state index in [0.717, 1.165) is 16.8 Å². The Morgan fingerprint density at radius 3 is 2.59 bits per heavy atom. The van der Waals surface area contributed by atoms with Crippen molar-refractivity contribution >= 4 is 17.3 Å². The maximum absolute atomic E-state index is 10.3. The highest BCUT2D eigenvalue weighted by Gasteiger charge is 2.39. The Kier molecular flexibility index (Phi) is 7.14. The number of ether oxygens (including phenoxy) is 2. The average molecular weight is 552 g/mol. The molecule has 208 valence electrons. The summed E-state index contributed by atoms with van der Waals surface area (Å²) < 4.78 is 17.5. The molecule has 41 heavy (non-hydrogen) atoms. The number of benzene rings is 1. The molecule has 0 bridgehead atoms. The van der Waals surface area contributed by atoms with Gasteiger partial charge in [0.05, 0.1) is 35.2 Å². The standard InChI is InChI=1S/C30H29N7O4/c1-30(2)26-20(29(39-3)41-30)11-12-24(35-26)34-25-14-22(33-23(17-38)18-8-5-4-6-9-18)21(16-32-25)28-37-36-27(40-28)19-10-7-13-31-15-19/h4-16,23,29,38H,17H2,1-3H3,(H2,32,33,34,35)/t23-,29?/m1/s1. The summed E-state index contributed by atoms with van der Waals surface area (Å²) in [6.07, 6.45) is 4.51. The van der Waals surface area contributed by atoms with Gasteiger partial charge in [-0.05, 0) is 43.7 Å². The van der Waals surface area contributed by atoms with Crippen molar-refractivity contribution in [2.75, 3.05) is 24.4 Å². The highest BCUT2D eigenvalue weighted by atomic mass is 16.7. The lowest BCUT2D eigenvalue weighted by atomic mass is 10.0. The Balaban J connectivity index is 1.35. The SMILES string of the molecule is COC1OC(C)(C)c2nc(Nc3cc(N[C@H](CO)c4ccccc4)c(-c4nnc(-c5cccnc5)o4)cn3)ccc21. The van der Waals surface area contributed by atoms with E-state index in [0.29, 0.717) is 34.3 Å². The van der Waals surface area contributed by atoms with Crippen LogP contribution in [0.15, 0.2) is 83.7 Å². The van der Waals surface area contributed by atoms with E-state index >= 15 is 0 Å². The molecule has 2 atom stereocenters. The van der Waals surface area contributed by atoms with E-state index in [9.17, 15) is 5.11 Å². The van der Waals surface area contributed by atoms with Crippen LogP contribution >= 0.6 is 0 Å². The number of nitrogens with zero attached hydrogens (tertiary/aromatic N) is 5. The lowest BCUT2D eigenvalue weighted by molar-refractivity contribution is -0.175. The van der Waals surface area contributed by atoms with E-state index in [1.807, 2.05) is 68.4 Å². The first-order valence-corrected chi connectivity index (χ1v) is 13.1. The van der Waals surface area contributed by atoms with Gasteiger partial charge in [0.2, 0.25) is 5.89 Å². The molecule has 1 aliphatic rings. The predicted octanol–water partition coefficient (Wildman–Crippen LogP) is 5.39. The third-order valence-electron chi connectivity index (χ3n) is 6.80. The van der Waals surface area contributed by atoms with Crippen molar-refractivity contribution in [3.63, 3.8) is 0 Å². The van der Waals surface area contributed by atoms with E-state index in [-0.39, 0.29) is 12.5 Å². The van der Waals surface area contributed by atoms with Crippen molar-refractivity contribution in [1.29, 1.82) is 0 Å². The van der Waals surface area contributed by atoms with E-state index in [2.05, 4.69) is 30.8 Å². The van der Waals surface area contributed by atoms with Crippen molar-refractivity contribution in [3.05, 3.63) is 96.1 Å². The van der Waals surface area contributed by atoms with Gasteiger partial charge >= 0.3 is 0 Å². The summed E-state index contributed by atoms with van der Waals surface area (Å²) in [7, 11) is 1.61. The average Bonchev–Trinajstić information content (AvgIpc) is 3.59. The number of aliphatic hydroxyl groups excluding tert-OH is 1. The zero-order valence-corrected chi connectivity index (χ0v) is 22.8. The van der Waals surface area contributed by atoms with Crippen molar-refractivity contribution in [1.82, 2.24) is 25.1 Å². The summed E-state index contributed by atoms with van der Waals surface area (Å²) in [5.41, 5.74) is 3.92. The molecule has 0 saturated heterocycles. The first-order valence-electron chi connectivity index (χ1n) is 13.1. The zero-order chi connectivity index (χ0) is 28.4. The number of anilines is 3. The normalized spacial score (nSPS) is 16.2. The highest BCUT2D eigenvalue weighted by Crippen LogP contribution is 2.43. The molecule has 5 aromatic rings. The maximum atomic E-state index is 10.3. The molecule has 0 saturated carbocycles. The van der Waals surface area contributed by atoms with Crippen LogP contribution in [0.4, 0.5) is 17.3 Å². The van der Waals surface area contributed by atoms with Crippen LogP contribution in [0.1, 0.15) is 43.0 Å². The molecule has 0 fully saturated rings. The summed E-state index contributed by atoms with van der Waals surface area (Å²) in [6.45, 7) is 3.78. The summed E-state index contributed by atoms with van der Waals surface area (Å²) in [6, 6.07) is 18.6. The van der Waals surface area contributed by atoms with Gasteiger partial charge in [-0.25, -0.2) is 9.97 Å². The molecule has 0 aliphatic carbocycles. The van der Waals surface area contributed by atoms with Gasteiger partial charge in [0.1, 0.15) is 17.2 Å². The first-order chi connectivity index (χ1) is 19.9. The largest absolute Gasteiger partial charge is 0.416 e. The minimum atomic E-state index is -0.605. The van der Waals surface area contributed by atoms with Gasteiger partial charge in [0, 0.05) is 37.3 Å². The fourth-order valence-corrected chi connectivity index (χ4v) is 4.76. The first kappa shape index (κ1) is 26.5. The molecular weight excluding hydrogens is 522 g/mol.